The van der Waals surface area contributed by atoms with E-state index in [9.17, 15) is 4.57 Å². The molecular formula is C44H30N3OP. The summed E-state index contributed by atoms with van der Waals surface area (Å²) >= 11 is 0. The molecule has 0 aliphatic carbocycles. The first-order valence-electron chi connectivity index (χ1n) is 16.4. The average Bonchev–Trinajstić information content (AvgIpc) is 3.56. The van der Waals surface area contributed by atoms with Gasteiger partial charge in [-0.2, -0.15) is 0 Å². The quantitative estimate of drug-likeness (QED) is 0.169. The highest BCUT2D eigenvalue weighted by Gasteiger charge is 2.29. The number of rotatable bonds is 6. The molecule has 232 valence electrons. The second kappa shape index (κ2) is 11.9. The number of imidazole rings is 1. The minimum atomic E-state index is -3.06. The number of hydrogen-bond acceptors (Lipinski definition) is 3. The molecule has 0 fully saturated rings. The van der Waals surface area contributed by atoms with Crippen molar-refractivity contribution in [3.63, 3.8) is 0 Å². The molecule has 0 unspecified atom stereocenters. The fraction of sp³-hybridized carbons (Fsp3) is 0. The van der Waals surface area contributed by atoms with Gasteiger partial charge in [0.2, 0.25) is 5.78 Å². The van der Waals surface area contributed by atoms with E-state index in [0.717, 1.165) is 71.4 Å². The second-order valence-electron chi connectivity index (χ2n) is 12.2. The first kappa shape index (κ1) is 29.1. The van der Waals surface area contributed by atoms with Crippen LogP contribution in [0.15, 0.2) is 182 Å². The maximum absolute atomic E-state index is 14.9. The van der Waals surface area contributed by atoms with Crippen molar-refractivity contribution in [2.75, 3.05) is 0 Å². The van der Waals surface area contributed by atoms with Crippen molar-refractivity contribution in [2.24, 2.45) is 0 Å². The molecule has 0 spiro atoms. The van der Waals surface area contributed by atoms with Gasteiger partial charge in [0, 0.05) is 21.5 Å². The Morgan fingerprint density at radius 1 is 0.449 bits per heavy atom. The minimum Gasteiger partial charge on any atom is -0.309 e. The van der Waals surface area contributed by atoms with Crippen molar-refractivity contribution in [1.29, 1.82) is 0 Å². The molecule has 0 saturated carbocycles. The lowest BCUT2D eigenvalue weighted by atomic mass is 9.93. The highest BCUT2D eigenvalue weighted by molar-refractivity contribution is 7.85. The van der Waals surface area contributed by atoms with Gasteiger partial charge in [0.25, 0.3) is 0 Å². The predicted molar refractivity (Wildman–Crippen MR) is 204 cm³/mol. The van der Waals surface area contributed by atoms with Crippen LogP contribution in [-0.2, 0) is 4.57 Å². The Morgan fingerprint density at radius 3 is 1.65 bits per heavy atom. The van der Waals surface area contributed by atoms with E-state index in [4.69, 9.17) is 9.97 Å². The number of benzene rings is 7. The Morgan fingerprint density at radius 2 is 0.980 bits per heavy atom. The van der Waals surface area contributed by atoms with Gasteiger partial charge in [0.15, 0.2) is 7.14 Å². The van der Waals surface area contributed by atoms with E-state index in [1.54, 1.807) is 0 Å². The number of fused-ring (bicyclic) bond motifs is 4. The van der Waals surface area contributed by atoms with E-state index in [-0.39, 0.29) is 0 Å². The predicted octanol–water partition coefficient (Wildman–Crippen LogP) is 9.68. The minimum absolute atomic E-state index is 0.669. The van der Waals surface area contributed by atoms with Gasteiger partial charge in [-0.1, -0.05) is 164 Å². The highest BCUT2D eigenvalue weighted by atomic mass is 31.2. The van der Waals surface area contributed by atoms with Crippen LogP contribution < -0.4 is 15.9 Å². The summed E-state index contributed by atoms with van der Waals surface area (Å²) < 4.78 is 17.1. The molecule has 0 atom stereocenters. The average molecular weight is 648 g/mol. The molecule has 9 aromatic rings. The maximum atomic E-state index is 14.9. The third-order valence-corrected chi connectivity index (χ3v) is 12.4. The van der Waals surface area contributed by atoms with Crippen LogP contribution in [-0.4, -0.2) is 14.4 Å². The van der Waals surface area contributed by atoms with E-state index in [1.807, 2.05) is 97.1 Å². The summed E-state index contributed by atoms with van der Waals surface area (Å²) in [4.78, 5) is 10.1. The summed E-state index contributed by atoms with van der Waals surface area (Å²) in [5.74, 6) is 0.669. The van der Waals surface area contributed by atoms with Crippen molar-refractivity contribution >= 4 is 50.6 Å². The summed E-state index contributed by atoms with van der Waals surface area (Å²) in [6.45, 7) is 0. The molecular weight excluding hydrogens is 617 g/mol. The van der Waals surface area contributed by atoms with E-state index in [2.05, 4.69) is 89.3 Å². The zero-order chi connectivity index (χ0) is 32.8. The van der Waals surface area contributed by atoms with E-state index >= 15 is 0 Å². The fourth-order valence-corrected chi connectivity index (χ4v) is 9.61. The number of nitrogens with zero attached hydrogens (tertiary/aromatic N) is 3. The second-order valence-corrected chi connectivity index (χ2v) is 14.9. The molecule has 9 rings (SSSR count). The van der Waals surface area contributed by atoms with Gasteiger partial charge < -0.3 is 4.57 Å². The highest BCUT2D eigenvalue weighted by Crippen LogP contribution is 2.43. The Labute approximate surface area is 284 Å². The Bertz CT molecular complexity index is 2630. The lowest BCUT2D eigenvalue weighted by Crippen LogP contribution is -2.24. The van der Waals surface area contributed by atoms with Crippen LogP contribution in [0.2, 0.25) is 0 Å². The van der Waals surface area contributed by atoms with Crippen LogP contribution in [0.25, 0.3) is 61.2 Å². The molecule has 4 nitrogen and oxygen atoms in total. The van der Waals surface area contributed by atoms with E-state index in [0.29, 0.717) is 5.78 Å². The van der Waals surface area contributed by atoms with Gasteiger partial charge in [0.1, 0.15) is 0 Å². The summed E-state index contributed by atoms with van der Waals surface area (Å²) in [5.41, 5.74) is 8.16. The third kappa shape index (κ3) is 4.88. The summed E-state index contributed by atoms with van der Waals surface area (Å²) in [5, 5.41) is 4.70. The van der Waals surface area contributed by atoms with Crippen LogP contribution in [0.1, 0.15) is 0 Å². The molecule has 0 amide bonds. The molecule has 0 N–H and O–H groups in total. The molecule has 0 bridgehead atoms. The summed E-state index contributed by atoms with van der Waals surface area (Å²) in [7, 11) is -3.06. The van der Waals surface area contributed by atoms with Crippen molar-refractivity contribution in [3.8, 4) is 33.6 Å². The molecule has 2 heterocycles. The van der Waals surface area contributed by atoms with Crippen LogP contribution in [0.5, 0.6) is 0 Å². The number of aromatic nitrogens is 3. The lowest BCUT2D eigenvalue weighted by molar-refractivity contribution is 0.592. The summed E-state index contributed by atoms with van der Waals surface area (Å²) in [6.07, 6.45) is 0. The van der Waals surface area contributed by atoms with Gasteiger partial charge >= 0.3 is 0 Å². The Balaban J connectivity index is 1.18. The molecule has 7 aromatic carbocycles. The van der Waals surface area contributed by atoms with Crippen molar-refractivity contribution in [1.82, 2.24) is 14.4 Å². The van der Waals surface area contributed by atoms with Gasteiger partial charge in [-0.05, 0) is 45.7 Å². The van der Waals surface area contributed by atoms with E-state index < -0.39 is 7.14 Å². The van der Waals surface area contributed by atoms with Crippen LogP contribution in [0.3, 0.4) is 0 Å². The normalized spacial score (nSPS) is 11.8. The first-order chi connectivity index (χ1) is 24.2. The maximum Gasteiger partial charge on any atom is 0.235 e. The SMILES string of the molecule is O=P(c1ccccc1)(c1ccccc1)c1ccc(-c2ccc(-c3cc(-c4ccccc4)n4c(n3)nc3ccccc34)c3ccccc23)cc1. The smallest absolute Gasteiger partial charge is 0.235 e. The summed E-state index contributed by atoms with van der Waals surface area (Å²) in [6, 6.07) is 61.5. The third-order valence-electron chi connectivity index (χ3n) is 9.33. The van der Waals surface area contributed by atoms with Crippen molar-refractivity contribution in [3.05, 3.63) is 182 Å². The lowest BCUT2D eigenvalue weighted by Gasteiger charge is -2.20. The first-order valence-corrected chi connectivity index (χ1v) is 18.1. The number of hydrogen-bond donors (Lipinski definition) is 0. The molecule has 5 heteroatoms. The van der Waals surface area contributed by atoms with Gasteiger partial charge in [-0.15, -0.1) is 0 Å². The van der Waals surface area contributed by atoms with Crippen molar-refractivity contribution < 1.29 is 4.57 Å². The van der Waals surface area contributed by atoms with Crippen LogP contribution in [0.4, 0.5) is 0 Å². The zero-order valence-electron chi connectivity index (χ0n) is 26.5. The molecule has 49 heavy (non-hydrogen) atoms. The monoisotopic (exact) mass is 647 g/mol. The van der Waals surface area contributed by atoms with Crippen LogP contribution >= 0.6 is 7.14 Å². The Hall–Kier alpha value is -6.09. The van der Waals surface area contributed by atoms with Crippen molar-refractivity contribution in [2.45, 2.75) is 0 Å². The topological polar surface area (TPSA) is 47.3 Å². The van der Waals surface area contributed by atoms with Gasteiger partial charge in [-0.25, -0.2) is 9.97 Å². The molecule has 0 saturated heterocycles. The molecule has 0 aliphatic rings. The fourth-order valence-electron chi connectivity index (χ4n) is 6.97. The van der Waals surface area contributed by atoms with Gasteiger partial charge in [0.05, 0.1) is 22.4 Å². The Kier molecular flexibility index (Phi) is 7.04. The largest absolute Gasteiger partial charge is 0.309 e. The molecule has 0 aliphatic heterocycles. The van der Waals surface area contributed by atoms with E-state index in [1.165, 1.54) is 0 Å². The molecule has 2 aromatic heterocycles. The zero-order valence-corrected chi connectivity index (χ0v) is 27.4. The standard InChI is InChI=1S/C44H30N3OP/c48-49(33-16-6-2-7-17-33,34-18-8-3-9-19-34)35-26-24-31(25-27-35)36-28-29-39(38-21-11-10-20-37(36)38)41-30-43(32-14-4-1-5-15-32)47-42-23-13-12-22-40(42)45-44(47)46-41/h1-30H. The van der Waals surface area contributed by atoms with Gasteiger partial charge in [-0.3, -0.25) is 4.40 Å². The molecule has 0 radical (unpaired) electrons. The number of para-hydroxylation sites is 2. The van der Waals surface area contributed by atoms with Crippen LogP contribution in [0, 0.1) is 0 Å².